The number of para-hydroxylation sites is 1. The van der Waals surface area contributed by atoms with Crippen LogP contribution in [0.15, 0.2) is 79.0 Å². The maximum atomic E-state index is 12.5. The van der Waals surface area contributed by atoms with E-state index in [2.05, 4.69) is 15.6 Å². The molecule has 0 aliphatic heterocycles. The Kier molecular flexibility index (Phi) is 6.41. The second kappa shape index (κ2) is 9.38. The molecule has 3 aromatic rings. The van der Waals surface area contributed by atoms with Gasteiger partial charge in [0.05, 0.1) is 18.8 Å². The third-order valence-electron chi connectivity index (χ3n) is 4.26. The highest BCUT2D eigenvalue weighted by atomic mass is 16.5. The Morgan fingerprint density at radius 3 is 2.48 bits per heavy atom. The lowest BCUT2D eigenvalue weighted by molar-refractivity contribution is 0.238. The molecule has 2 aromatic carbocycles. The minimum absolute atomic E-state index is 0.232. The van der Waals surface area contributed by atoms with Crippen LogP contribution in [0.1, 0.15) is 22.9 Å². The van der Waals surface area contributed by atoms with Crippen LogP contribution >= 0.6 is 0 Å². The largest absolute Gasteiger partial charge is 0.496 e. The van der Waals surface area contributed by atoms with Gasteiger partial charge in [0.15, 0.2) is 0 Å². The van der Waals surface area contributed by atoms with Gasteiger partial charge in [-0.1, -0.05) is 54.6 Å². The molecule has 0 saturated carbocycles. The van der Waals surface area contributed by atoms with Gasteiger partial charge in [0.2, 0.25) is 0 Å². The van der Waals surface area contributed by atoms with Crippen molar-refractivity contribution in [3.05, 3.63) is 95.8 Å². The standard InChI is InChI=1S/C22H23N3O2/c1-27-20-13-6-5-9-17(20)14-16-24-22(26)25-21(18-10-3-2-4-11-18)19-12-7-8-15-23-19/h2-13,15,21H,14,16H2,1H3,(H2,24,25,26)/t21-/m1/s1. The number of methoxy groups -OCH3 is 1. The molecule has 0 fully saturated rings. The van der Waals surface area contributed by atoms with E-state index in [9.17, 15) is 4.79 Å². The molecule has 0 radical (unpaired) electrons. The molecule has 0 aliphatic carbocycles. The van der Waals surface area contributed by atoms with Crippen LogP contribution in [0.3, 0.4) is 0 Å². The maximum Gasteiger partial charge on any atom is 0.315 e. The highest BCUT2D eigenvalue weighted by molar-refractivity contribution is 5.75. The Balaban J connectivity index is 1.63. The minimum atomic E-state index is -0.307. The third kappa shape index (κ3) is 5.07. The van der Waals surface area contributed by atoms with E-state index in [4.69, 9.17) is 4.74 Å². The van der Waals surface area contributed by atoms with Crippen molar-refractivity contribution in [3.63, 3.8) is 0 Å². The molecule has 3 rings (SSSR count). The van der Waals surface area contributed by atoms with Crippen molar-refractivity contribution in [2.75, 3.05) is 13.7 Å². The Labute approximate surface area is 159 Å². The number of aromatic nitrogens is 1. The lowest BCUT2D eigenvalue weighted by Gasteiger charge is -2.19. The van der Waals surface area contributed by atoms with Crippen LogP contribution in [0.25, 0.3) is 0 Å². The fraction of sp³-hybridized carbons (Fsp3) is 0.182. The van der Waals surface area contributed by atoms with Crippen molar-refractivity contribution in [2.24, 2.45) is 0 Å². The number of rotatable bonds is 7. The predicted molar refractivity (Wildman–Crippen MR) is 106 cm³/mol. The smallest absolute Gasteiger partial charge is 0.315 e. The Bertz CT molecular complexity index is 814. The third-order valence-corrected chi connectivity index (χ3v) is 4.26. The molecule has 5 heteroatoms. The van der Waals surface area contributed by atoms with Crippen LogP contribution in [-0.2, 0) is 6.42 Å². The van der Waals surface area contributed by atoms with Crippen LogP contribution in [0.5, 0.6) is 5.75 Å². The van der Waals surface area contributed by atoms with Gasteiger partial charge in [0.25, 0.3) is 0 Å². The summed E-state index contributed by atoms with van der Waals surface area (Å²) in [7, 11) is 1.65. The van der Waals surface area contributed by atoms with Gasteiger partial charge in [-0.15, -0.1) is 0 Å². The summed E-state index contributed by atoms with van der Waals surface area (Å²) in [5, 5.41) is 5.94. The summed E-state index contributed by atoms with van der Waals surface area (Å²) in [6, 6.07) is 22.8. The second-order valence-electron chi connectivity index (χ2n) is 6.06. The Morgan fingerprint density at radius 1 is 1.00 bits per heavy atom. The normalized spacial score (nSPS) is 11.4. The molecule has 0 bridgehead atoms. The lowest BCUT2D eigenvalue weighted by atomic mass is 10.0. The van der Waals surface area contributed by atoms with Gasteiger partial charge in [-0.3, -0.25) is 4.98 Å². The minimum Gasteiger partial charge on any atom is -0.496 e. The maximum absolute atomic E-state index is 12.5. The average Bonchev–Trinajstić information content (AvgIpc) is 2.73. The summed E-state index contributed by atoms with van der Waals surface area (Å²) in [4.78, 5) is 16.9. The molecule has 1 atom stereocenters. The first-order chi connectivity index (χ1) is 13.3. The summed E-state index contributed by atoms with van der Waals surface area (Å²) in [6.07, 6.45) is 2.42. The van der Waals surface area contributed by atoms with E-state index >= 15 is 0 Å². The highest BCUT2D eigenvalue weighted by Crippen LogP contribution is 2.20. The first-order valence-electron chi connectivity index (χ1n) is 8.90. The quantitative estimate of drug-likeness (QED) is 0.674. The molecule has 0 unspecified atom stereocenters. The number of benzene rings is 2. The molecule has 1 aromatic heterocycles. The van der Waals surface area contributed by atoms with Crippen LogP contribution in [0.2, 0.25) is 0 Å². The van der Waals surface area contributed by atoms with E-state index in [1.807, 2.05) is 72.8 Å². The molecule has 2 amide bonds. The number of amides is 2. The second-order valence-corrected chi connectivity index (χ2v) is 6.06. The van der Waals surface area contributed by atoms with Gasteiger partial charge < -0.3 is 15.4 Å². The van der Waals surface area contributed by atoms with Crippen LogP contribution < -0.4 is 15.4 Å². The fourth-order valence-corrected chi connectivity index (χ4v) is 2.92. The monoisotopic (exact) mass is 361 g/mol. The number of ether oxygens (including phenoxy) is 1. The van der Waals surface area contributed by atoms with E-state index in [0.717, 1.165) is 22.6 Å². The molecule has 0 saturated heterocycles. The fourth-order valence-electron chi connectivity index (χ4n) is 2.92. The summed E-state index contributed by atoms with van der Waals surface area (Å²) in [6.45, 7) is 0.510. The average molecular weight is 361 g/mol. The number of carbonyl (C=O) groups is 1. The number of hydrogen-bond donors (Lipinski definition) is 2. The van der Waals surface area contributed by atoms with Crippen molar-refractivity contribution >= 4 is 6.03 Å². The van der Waals surface area contributed by atoms with E-state index < -0.39 is 0 Å². The van der Waals surface area contributed by atoms with Crippen LogP contribution in [-0.4, -0.2) is 24.7 Å². The van der Waals surface area contributed by atoms with Crippen molar-refractivity contribution < 1.29 is 9.53 Å². The number of hydrogen-bond acceptors (Lipinski definition) is 3. The van der Waals surface area contributed by atoms with Gasteiger partial charge in [0.1, 0.15) is 5.75 Å². The molecule has 1 heterocycles. The molecule has 0 aliphatic rings. The van der Waals surface area contributed by atoms with Gasteiger partial charge in [-0.2, -0.15) is 0 Å². The van der Waals surface area contributed by atoms with E-state index in [1.165, 1.54) is 0 Å². The van der Waals surface area contributed by atoms with Crippen molar-refractivity contribution in [1.82, 2.24) is 15.6 Å². The Morgan fingerprint density at radius 2 is 1.74 bits per heavy atom. The SMILES string of the molecule is COc1ccccc1CCNC(=O)N[C@H](c1ccccc1)c1ccccn1. The molecular weight excluding hydrogens is 338 g/mol. The van der Waals surface area contributed by atoms with Crippen molar-refractivity contribution in [2.45, 2.75) is 12.5 Å². The first kappa shape index (κ1) is 18.5. The molecule has 0 spiro atoms. The van der Waals surface area contributed by atoms with Gasteiger partial charge in [-0.25, -0.2) is 4.79 Å². The van der Waals surface area contributed by atoms with Crippen molar-refractivity contribution in [1.29, 1.82) is 0 Å². The number of carbonyl (C=O) groups excluding carboxylic acids is 1. The molecule has 138 valence electrons. The lowest BCUT2D eigenvalue weighted by Crippen LogP contribution is -2.39. The predicted octanol–water partition coefficient (Wildman–Crippen LogP) is 3.72. The summed E-state index contributed by atoms with van der Waals surface area (Å²) in [5.74, 6) is 0.829. The number of nitrogens with one attached hydrogen (secondary N) is 2. The van der Waals surface area contributed by atoms with Gasteiger partial charge >= 0.3 is 6.03 Å². The molecule has 27 heavy (non-hydrogen) atoms. The van der Waals surface area contributed by atoms with Crippen LogP contribution in [0, 0.1) is 0 Å². The van der Waals surface area contributed by atoms with Crippen LogP contribution in [0.4, 0.5) is 4.79 Å². The number of nitrogens with zero attached hydrogens (tertiary/aromatic N) is 1. The summed E-state index contributed by atoms with van der Waals surface area (Å²) < 4.78 is 5.35. The zero-order valence-corrected chi connectivity index (χ0v) is 15.3. The van der Waals surface area contributed by atoms with Gasteiger partial charge in [0, 0.05) is 12.7 Å². The summed E-state index contributed by atoms with van der Waals surface area (Å²) >= 11 is 0. The van der Waals surface area contributed by atoms with Gasteiger partial charge in [-0.05, 0) is 35.7 Å². The molecular formula is C22H23N3O2. The zero-order valence-electron chi connectivity index (χ0n) is 15.3. The first-order valence-corrected chi connectivity index (χ1v) is 8.90. The highest BCUT2D eigenvalue weighted by Gasteiger charge is 2.17. The molecule has 5 nitrogen and oxygen atoms in total. The number of pyridine rings is 1. The summed E-state index contributed by atoms with van der Waals surface area (Å²) in [5.41, 5.74) is 2.84. The van der Waals surface area contributed by atoms with E-state index in [-0.39, 0.29) is 12.1 Å². The molecule has 2 N–H and O–H groups in total. The topological polar surface area (TPSA) is 63.2 Å². The number of urea groups is 1. The van der Waals surface area contributed by atoms with Crippen molar-refractivity contribution in [3.8, 4) is 5.75 Å². The van der Waals surface area contributed by atoms with E-state index in [0.29, 0.717) is 13.0 Å². The Hall–Kier alpha value is -3.34. The zero-order chi connectivity index (χ0) is 18.9. The van der Waals surface area contributed by atoms with E-state index in [1.54, 1.807) is 13.3 Å².